The molecule has 1 aliphatic rings. The third kappa shape index (κ3) is 2.42. The van der Waals surface area contributed by atoms with Gasteiger partial charge in [-0.25, -0.2) is 0 Å². The standard InChI is InChI=1S/C16H13ClO2/c1-10-6-8-11(9-7-10)14(18)16-15(19-16)12-4-2-3-5-13(12)17/h2-9,15-16H,1H3. The van der Waals surface area contributed by atoms with Gasteiger partial charge in [0, 0.05) is 16.1 Å². The van der Waals surface area contributed by atoms with Crippen LogP contribution in [0.4, 0.5) is 0 Å². The van der Waals surface area contributed by atoms with Crippen molar-refractivity contribution < 1.29 is 9.53 Å². The Bertz CT molecular complexity index is 619. The van der Waals surface area contributed by atoms with Crippen LogP contribution in [0.1, 0.15) is 27.6 Å². The average Bonchev–Trinajstić information content (AvgIpc) is 3.19. The van der Waals surface area contributed by atoms with Gasteiger partial charge in [-0.2, -0.15) is 0 Å². The van der Waals surface area contributed by atoms with Crippen LogP contribution >= 0.6 is 11.6 Å². The number of Topliss-reactive ketones (excluding diaryl/α,β-unsaturated/α-hetero) is 1. The van der Waals surface area contributed by atoms with E-state index >= 15 is 0 Å². The molecule has 19 heavy (non-hydrogen) atoms. The molecule has 2 atom stereocenters. The van der Waals surface area contributed by atoms with E-state index < -0.39 is 6.10 Å². The van der Waals surface area contributed by atoms with E-state index in [2.05, 4.69) is 0 Å². The smallest absolute Gasteiger partial charge is 0.194 e. The van der Waals surface area contributed by atoms with Crippen molar-refractivity contribution in [1.82, 2.24) is 0 Å². The molecule has 2 aromatic carbocycles. The highest BCUT2D eigenvalue weighted by Gasteiger charge is 2.46. The summed E-state index contributed by atoms with van der Waals surface area (Å²) in [6, 6.07) is 15.0. The number of carbonyl (C=O) groups excluding carboxylic acids is 1. The Labute approximate surface area is 117 Å². The molecule has 1 fully saturated rings. The molecule has 0 amide bonds. The van der Waals surface area contributed by atoms with Crippen LogP contribution in [0, 0.1) is 6.92 Å². The Morgan fingerprint density at radius 3 is 2.47 bits per heavy atom. The van der Waals surface area contributed by atoms with Gasteiger partial charge in [-0.15, -0.1) is 0 Å². The number of halogens is 1. The molecule has 2 aromatic rings. The average molecular weight is 273 g/mol. The van der Waals surface area contributed by atoms with Crippen LogP contribution in [-0.4, -0.2) is 11.9 Å². The maximum absolute atomic E-state index is 12.2. The second-order valence-electron chi connectivity index (χ2n) is 4.73. The molecule has 1 aliphatic heterocycles. The second-order valence-corrected chi connectivity index (χ2v) is 5.14. The van der Waals surface area contributed by atoms with Crippen molar-refractivity contribution in [2.45, 2.75) is 19.1 Å². The number of hydrogen-bond acceptors (Lipinski definition) is 2. The number of benzene rings is 2. The van der Waals surface area contributed by atoms with Gasteiger partial charge in [0.1, 0.15) is 6.10 Å². The SMILES string of the molecule is Cc1ccc(C(=O)C2OC2c2ccccc2Cl)cc1. The molecular formula is C16H13ClO2. The van der Waals surface area contributed by atoms with Gasteiger partial charge in [-0.1, -0.05) is 59.6 Å². The molecule has 0 spiro atoms. The van der Waals surface area contributed by atoms with E-state index in [1.165, 1.54) is 0 Å². The minimum atomic E-state index is -0.400. The molecule has 2 nitrogen and oxygen atoms in total. The molecule has 1 heterocycles. The zero-order valence-electron chi connectivity index (χ0n) is 10.5. The highest BCUT2D eigenvalue weighted by molar-refractivity contribution is 6.31. The van der Waals surface area contributed by atoms with Crippen LogP contribution in [0.2, 0.25) is 5.02 Å². The lowest BCUT2D eigenvalue weighted by Gasteiger charge is -2.00. The van der Waals surface area contributed by atoms with Crippen molar-refractivity contribution in [3.63, 3.8) is 0 Å². The van der Waals surface area contributed by atoms with Crippen molar-refractivity contribution in [1.29, 1.82) is 0 Å². The van der Waals surface area contributed by atoms with Crippen LogP contribution in [0.15, 0.2) is 48.5 Å². The number of carbonyl (C=O) groups is 1. The fourth-order valence-corrected chi connectivity index (χ4v) is 2.38. The summed E-state index contributed by atoms with van der Waals surface area (Å²) >= 11 is 6.10. The van der Waals surface area contributed by atoms with Gasteiger partial charge in [-0.05, 0) is 13.0 Å². The van der Waals surface area contributed by atoms with Gasteiger partial charge in [0.25, 0.3) is 0 Å². The first kappa shape index (κ1) is 12.4. The highest BCUT2D eigenvalue weighted by Crippen LogP contribution is 2.43. The number of hydrogen-bond donors (Lipinski definition) is 0. The molecule has 2 unspecified atom stereocenters. The van der Waals surface area contributed by atoms with Crippen LogP contribution in [0.5, 0.6) is 0 Å². The Morgan fingerprint density at radius 2 is 1.79 bits per heavy atom. The minimum absolute atomic E-state index is 0.0184. The third-order valence-corrected chi connectivity index (χ3v) is 3.64. The summed E-state index contributed by atoms with van der Waals surface area (Å²) in [6.45, 7) is 1.99. The lowest BCUT2D eigenvalue weighted by atomic mass is 10.0. The van der Waals surface area contributed by atoms with Gasteiger partial charge in [0.05, 0.1) is 0 Å². The van der Waals surface area contributed by atoms with E-state index in [9.17, 15) is 4.79 Å². The third-order valence-electron chi connectivity index (χ3n) is 3.30. The minimum Gasteiger partial charge on any atom is -0.356 e. The number of ketones is 1. The predicted molar refractivity (Wildman–Crippen MR) is 74.6 cm³/mol. The first-order valence-electron chi connectivity index (χ1n) is 6.17. The Balaban J connectivity index is 1.78. The molecule has 0 bridgehead atoms. The molecule has 1 saturated heterocycles. The van der Waals surface area contributed by atoms with Crippen LogP contribution in [0.25, 0.3) is 0 Å². The van der Waals surface area contributed by atoms with Crippen molar-refractivity contribution in [3.8, 4) is 0 Å². The van der Waals surface area contributed by atoms with Crippen molar-refractivity contribution in [3.05, 3.63) is 70.2 Å². The van der Waals surface area contributed by atoms with E-state index in [0.29, 0.717) is 10.6 Å². The van der Waals surface area contributed by atoms with Crippen molar-refractivity contribution in [2.24, 2.45) is 0 Å². The molecule has 0 N–H and O–H groups in total. The lowest BCUT2D eigenvalue weighted by molar-refractivity contribution is 0.0953. The zero-order valence-corrected chi connectivity index (χ0v) is 11.2. The zero-order chi connectivity index (χ0) is 13.4. The molecule has 0 aromatic heterocycles. The van der Waals surface area contributed by atoms with E-state index in [1.54, 1.807) is 0 Å². The Morgan fingerprint density at radius 1 is 1.11 bits per heavy atom. The van der Waals surface area contributed by atoms with Crippen molar-refractivity contribution in [2.75, 3.05) is 0 Å². The Hall–Kier alpha value is -1.64. The van der Waals surface area contributed by atoms with Gasteiger partial charge in [0.2, 0.25) is 0 Å². The van der Waals surface area contributed by atoms with Gasteiger partial charge in [0.15, 0.2) is 11.9 Å². The van der Waals surface area contributed by atoms with Crippen LogP contribution < -0.4 is 0 Å². The van der Waals surface area contributed by atoms with E-state index in [0.717, 1.165) is 11.1 Å². The molecule has 0 radical (unpaired) electrons. The van der Waals surface area contributed by atoms with E-state index in [1.807, 2.05) is 55.5 Å². The highest BCUT2D eigenvalue weighted by atomic mass is 35.5. The summed E-state index contributed by atoms with van der Waals surface area (Å²) in [4.78, 5) is 12.2. The molecule has 0 aliphatic carbocycles. The van der Waals surface area contributed by atoms with Crippen LogP contribution in [-0.2, 0) is 4.74 Å². The van der Waals surface area contributed by atoms with Gasteiger partial charge < -0.3 is 4.74 Å². The lowest BCUT2D eigenvalue weighted by Crippen LogP contribution is -2.08. The largest absolute Gasteiger partial charge is 0.356 e. The monoisotopic (exact) mass is 272 g/mol. The van der Waals surface area contributed by atoms with Gasteiger partial charge in [-0.3, -0.25) is 4.79 Å². The van der Waals surface area contributed by atoms with E-state index in [4.69, 9.17) is 16.3 Å². The number of rotatable bonds is 3. The van der Waals surface area contributed by atoms with Gasteiger partial charge >= 0.3 is 0 Å². The molecule has 96 valence electrons. The molecule has 0 saturated carbocycles. The topological polar surface area (TPSA) is 29.6 Å². The summed E-state index contributed by atoms with van der Waals surface area (Å²) in [5, 5.41) is 0.645. The molecule has 3 rings (SSSR count). The first-order valence-corrected chi connectivity index (χ1v) is 6.55. The van der Waals surface area contributed by atoms with Crippen LogP contribution in [0.3, 0.4) is 0 Å². The number of aryl methyl sites for hydroxylation is 1. The molecule has 3 heteroatoms. The van der Waals surface area contributed by atoms with E-state index in [-0.39, 0.29) is 11.9 Å². The maximum Gasteiger partial charge on any atom is 0.194 e. The number of ether oxygens (including phenoxy) is 1. The first-order chi connectivity index (χ1) is 9.16. The predicted octanol–water partition coefficient (Wildman–Crippen LogP) is 3.97. The summed E-state index contributed by atoms with van der Waals surface area (Å²) in [7, 11) is 0. The fourth-order valence-electron chi connectivity index (χ4n) is 2.14. The summed E-state index contributed by atoms with van der Waals surface area (Å²) in [5.41, 5.74) is 2.70. The summed E-state index contributed by atoms with van der Waals surface area (Å²) in [6.07, 6.45) is -0.606. The normalized spacial score (nSPS) is 21.2. The van der Waals surface area contributed by atoms with Crippen molar-refractivity contribution >= 4 is 17.4 Å². The summed E-state index contributed by atoms with van der Waals surface area (Å²) in [5.74, 6) is 0.0184. The Kier molecular flexibility index (Phi) is 3.13. The fraction of sp³-hybridized carbons (Fsp3) is 0.188. The molecular weight excluding hydrogens is 260 g/mol. The maximum atomic E-state index is 12.2. The summed E-state index contributed by atoms with van der Waals surface area (Å²) < 4.78 is 5.50. The number of epoxide rings is 1. The second kappa shape index (κ2) is 4.80. The quantitative estimate of drug-likeness (QED) is 0.625.